The molecule has 0 aromatic heterocycles. The van der Waals surface area contributed by atoms with E-state index in [1.165, 1.54) is 19.3 Å². The van der Waals surface area contributed by atoms with E-state index in [4.69, 9.17) is 10.9 Å². The fourth-order valence-corrected chi connectivity index (χ4v) is 2.03. The van der Waals surface area contributed by atoms with Crippen molar-refractivity contribution >= 4 is 5.84 Å². The van der Waals surface area contributed by atoms with Crippen molar-refractivity contribution in [3.05, 3.63) is 0 Å². The summed E-state index contributed by atoms with van der Waals surface area (Å²) in [5.41, 5.74) is 5.85. The molecule has 0 spiro atoms. The highest BCUT2D eigenvalue weighted by Crippen LogP contribution is 2.35. The summed E-state index contributed by atoms with van der Waals surface area (Å²) in [5.74, 6) is 0.298. The normalized spacial score (nSPS) is 22.9. The third-order valence-electron chi connectivity index (χ3n) is 3.35. The van der Waals surface area contributed by atoms with E-state index in [9.17, 15) is 0 Å². The molecule has 1 atom stereocenters. The molecule has 1 unspecified atom stereocenters. The van der Waals surface area contributed by atoms with Gasteiger partial charge in [0.2, 0.25) is 0 Å². The third kappa shape index (κ3) is 2.18. The highest BCUT2D eigenvalue weighted by atomic mass is 16.4. The largest absolute Gasteiger partial charge is 0.409 e. The second kappa shape index (κ2) is 4.64. The molecule has 1 fully saturated rings. The molecule has 0 aliphatic heterocycles. The molecule has 1 aliphatic rings. The van der Waals surface area contributed by atoms with E-state index in [-0.39, 0.29) is 11.6 Å². The van der Waals surface area contributed by atoms with Gasteiger partial charge in [0.25, 0.3) is 0 Å². The van der Waals surface area contributed by atoms with Crippen LogP contribution in [0.1, 0.15) is 46.0 Å². The minimum Gasteiger partial charge on any atom is -0.409 e. The molecule has 4 heteroatoms. The van der Waals surface area contributed by atoms with Gasteiger partial charge in [-0.15, -0.1) is 0 Å². The number of rotatable bonds is 5. The molecule has 1 aliphatic carbocycles. The van der Waals surface area contributed by atoms with E-state index in [1.807, 2.05) is 6.92 Å². The van der Waals surface area contributed by atoms with Gasteiger partial charge in [-0.1, -0.05) is 19.0 Å². The molecule has 14 heavy (non-hydrogen) atoms. The van der Waals surface area contributed by atoms with E-state index in [0.29, 0.717) is 5.84 Å². The zero-order valence-electron chi connectivity index (χ0n) is 9.08. The van der Waals surface area contributed by atoms with E-state index in [0.717, 1.165) is 12.8 Å². The maximum Gasteiger partial charge on any atom is 0.156 e. The Kier molecular flexibility index (Phi) is 3.75. The first-order valence-electron chi connectivity index (χ1n) is 5.42. The van der Waals surface area contributed by atoms with E-state index in [2.05, 4.69) is 17.4 Å². The Labute approximate surface area is 85.6 Å². The van der Waals surface area contributed by atoms with E-state index in [1.54, 1.807) is 0 Å². The summed E-state index contributed by atoms with van der Waals surface area (Å²) >= 11 is 0. The average Bonchev–Trinajstić information content (AvgIpc) is 2.16. The highest BCUT2D eigenvalue weighted by molar-refractivity contribution is 5.85. The Balaban J connectivity index is 2.55. The standard InChI is InChI=1S/C10H21N3O/c1-3-8(9(11)13-14)12-10(4-2)6-5-7-10/h8,12,14H,3-7H2,1-2H3,(H2,11,13). The summed E-state index contributed by atoms with van der Waals surface area (Å²) in [6.45, 7) is 4.23. The van der Waals surface area contributed by atoms with Crippen molar-refractivity contribution in [1.29, 1.82) is 0 Å². The maximum atomic E-state index is 8.62. The second-order valence-electron chi connectivity index (χ2n) is 4.12. The van der Waals surface area contributed by atoms with Gasteiger partial charge in [0.1, 0.15) is 0 Å². The van der Waals surface area contributed by atoms with Crippen molar-refractivity contribution in [1.82, 2.24) is 5.32 Å². The smallest absolute Gasteiger partial charge is 0.156 e. The fourth-order valence-electron chi connectivity index (χ4n) is 2.03. The van der Waals surface area contributed by atoms with Crippen LogP contribution >= 0.6 is 0 Å². The van der Waals surface area contributed by atoms with Crippen LogP contribution in [0.5, 0.6) is 0 Å². The fraction of sp³-hybridized carbons (Fsp3) is 0.900. The number of nitrogens with one attached hydrogen (secondary N) is 1. The second-order valence-corrected chi connectivity index (χ2v) is 4.12. The number of amidine groups is 1. The molecule has 0 aromatic carbocycles. The molecule has 4 N–H and O–H groups in total. The zero-order chi connectivity index (χ0) is 10.6. The summed E-state index contributed by atoms with van der Waals surface area (Å²) in [4.78, 5) is 0. The van der Waals surface area contributed by atoms with Crippen LogP contribution in [0.15, 0.2) is 5.16 Å². The molecule has 1 rings (SSSR count). The lowest BCUT2D eigenvalue weighted by Gasteiger charge is -2.44. The van der Waals surface area contributed by atoms with E-state index < -0.39 is 0 Å². The summed E-state index contributed by atoms with van der Waals surface area (Å²) in [5, 5.41) is 15.2. The Morgan fingerprint density at radius 1 is 1.57 bits per heavy atom. The topological polar surface area (TPSA) is 70.6 Å². The van der Waals surface area contributed by atoms with Crippen LogP contribution in [0.2, 0.25) is 0 Å². The molecule has 0 bridgehead atoms. The molecule has 82 valence electrons. The number of hydrogen-bond acceptors (Lipinski definition) is 3. The SMILES string of the molecule is CCC(NC1(CC)CCC1)C(N)=NO. The highest BCUT2D eigenvalue weighted by Gasteiger charge is 2.36. The molecule has 1 saturated carbocycles. The van der Waals surface area contributed by atoms with Gasteiger partial charge >= 0.3 is 0 Å². The van der Waals surface area contributed by atoms with Gasteiger partial charge in [-0.2, -0.15) is 0 Å². The first-order chi connectivity index (χ1) is 6.67. The Hall–Kier alpha value is -0.770. The van der Waals surface area contributed by atoms with Crippen molar-refractivity contribution in [2.75, 3.05) is 0 Å². The van der Waals surface area contributed by atoms with Crippen LogP contribution in [-0.4, -0.2) is 22.6 Å². The van der Waals surface area contributed by atoms with Gasteiger partial charge in [0.15, 0.2) is 5.84 Å². The minimum atomic E-state index is 0.0141. The Bertz CT molecular complexity index is 206. The number of hydrogen-bond donors (Lipinski definition) is 3. The van der Waals surface area contributed by atoms with Crippen molar-refractivity contribution in [2.45, 2.75) is 57.5 Å². The van der Waals surface area contributed by atoms with Crippen LogP contribution in [0.3, 0.4) is 0 Å². The summed E-state index contributed by atoms with van der Waals surface area (Å²) < 4.78 is 0. The molecule has 0 amide bonds. The summed E-state index contributed by atoms with van der Waals surface area (Å²) in [6, 6.07) is 0.0141. The minimum absolute atomic E-state index is 0.0141. The number of oxime groups is 1. The third-order valence-corrected chi connectivity index (χ3v) is 3.35. The van der Waals surface area contributed by atoms with Crippen LogP contribution in [0.4, 0.5) is 0 Å². The van der Waals surface area contributed by atoms with Crippen LogP contribution in [-0.2, 0) is 0 Å². The zero-order valence-corrected chi connectivity index (χ0v) is 9.08. The van der Waals surface area contributed by atoms with E-state index >= 15 is 0 Å². The molecule has 0 heterocycles. The quantitative estimate of drug-likeness (QED) is 0.271. The lowest BCUT2D eigenvalue weighted by atomic mass is 9.74. The monoisotopic (exact) mass is 199 g/mol. The van der Waals surface area contributed by atoms with Crippen molar-refractivity contribution in [3.63, 3.8) is 0 Å². The number of nitrogens with zero attached hydrogens (tertiary/aromatic N) is 1. The van der Waals surface area contributed by atoms with Crippen LogP contribution in [0.25, 0.3) is 0 Å². The maximum absolute atomic E-state index is 8.62. The summed E-state index contributed by atoms with van der Waals surface area (Å²) in [6.07, 6.45) is 5.67. The lowest BCUT2D eigenvalue weighted by Crippen LogP contribution is -2.57. The van der Waals surface area contributed by atoms with Gasteiger partial charge < -0.3 is 16.3 Å². The van der Waals surface area contributed by atoms with Crippen molar-refractivity contribution < 1.29 is 5.21 Å². The Morgan fingerprint density at radius 3 is 2.50 bits per heavy atom. The number of nitrogens with two attached hydrogens (primary N) is 1. The molecule has 4 nitrogen and oxygen atoms in total. The van der Waals surface area contributed by atoms with Gasteiger partial charge in [-0.05, 0) is 32.1 Å². The van der Waals surface area contributed by atoms with Gasteiger partial charge in [0.05, 0.1) is 6.04 Å². The average molecular weight is 199 g/mol. The van der Waals surface area contributed by atoms with Crippen LogP contribution < -0.4 is 11.1 Å². The van der Waals surface area contributed by atoms with Crippen LogP contribution in [0, 0.1) is 0 Å². The molecular weight excluding hydrogens is 178 g/mol. The Morgan fingerprint density at radius 2 is 2.21 bits per heavy atom. The molecule has 0 saturated heterocycles. The lowest BCUT2D eigenvalue weighted by molar-refractivity contribution is 0.167. The first-order valence-corrected chi connectivity index (χ1v) is 5.42. The van der Waals surface area contributed by atoms with Gasteiger partial charge in [-0.25, -0.2) is 0 Å². The van der Waals surface area contributed by atoms with Crippen molar-refractivity contribution in [3.8, 4) is 0 Å². The van der Waals surface area contributed by atoms with Crippen molar-refractivity contribution in [2.24, 2.45) is 10.9 Å². The van der Waals surface area contributed by atoms with Gasteiger partial charge in [-0.3, -0.25) is 0 Å². The molecule has 0 aromatic rings. The predicted molar refractivity (Wildman–Crippen MR) is 57.5 cm³/mol. The first kappa shape index (κ1) is 11.3. The van der Waals surface area contributed by atoms with Gasteiger partial charge in [0, 0.05) is 5.54 Å². The predicted octanol–water partition coefficient (Wildman–Crippen LogP) is 1.43. The molecular formula is C10H21N3O. The summed E-state index contributed by atoms with van der Waals surface area (Å²) in [7, 11) is 0. The molecule has 0 radical (unpaired) electrons.